The molecule has 0 heterocycles. The van der Waals surface area contributed by atoms with Crippen molar-refractivity contribution in [2.24, 2.45) is 5.41 Å². The van der Waals surface area contributed by atoms with Crippen LogP contribution in [0.1, 0.15) is 44.0 Å². The highest BCUT2D eigenvalue weighted by molar-refractivity contribution is 5.97. The lowest BCUT2D eigenvalue weighted by molar-refractivity contribution is -0.146. The standard InChI is InChI=1S/C15H18F2O3/c1-15(2,3)9-20-14(19)7-6-13(18)11-5-4-10(16)8-12(11)17/h4-5,8H,6-7,9H2,1-3H3. The smallest absolute Gasteiger partial charge is 0.306 e. The highest BCUT2D eigenvalue weighted by Crippen LogP contribution is 2.15. The predicted octanol–water partition coefficient (Wildman–Crippen LogP) is 3.52. The Morgan fingerprint density at radius 2 is 1.80 bits per heavy atom. The molecule has 1 aromatic rings. The van der Waals surface area contributed by atoms with Crippen molar-refractivity contribution in [2.75, 3.05) is 6.61 Å². The topological polar surface area (TPSA) is 43.4 Å². The first kappa shape index (κ1) is 16.3. The molecule has 0 aliphatic rings. The van der Waals surface area contributed by atoms with Crippen molar-refractivity contribution < 1.29 is 23.1 Å². The molecule has 0 fully saturated rings. The first-order chi connectivity index (χ1) is 9.19. The molecule has 0 saturated heterocycles. The van der Waals surface area contributed by atoms with Gasteiger partial charge in [-0.3, -0.25) is 9.59 Å². The largest absolute Gasteiger partial charge is 0.465 e. The molecule has 0 aromatic heterocycles. The number of hydrogen-bond donors (Lipinski definition) is 0. The molecule has 0 atom stereocenters. The van der Waals surface area contributed by atoms with E-state index in [1.54, 1.807) is 0 Å². The van der Waals surface area contributed by atoms with Gasteiger partial charge in [-0.05, 0) is 17.5 Å². The van der Waals surface area contributed by atoms with E-state index in [1.807, 2.05) is 20.8 Å². The second kappa shape index (κ2) is 6.59. The summed E-state index contributed by atoms with van der Waals surface area (Å²) in [5.74, 6) is -2.72. The van der Waals surface area contributed by atoms with E-state index in [-0.39, 0.29) is 30.4 Å². The zero-order valence-corrected chi connectivity index (χ0v) is 11.8. The van der Waals surface area contributed by atoms with Gasteiger partial charge in [0.25, 0.3) is 0 Å². The molecule has 1 rings (SSSR count). The van der Waals surface area contributed by atoms with Gasteiger partial charge in [0.2, 0.25) is 0 Å². The monoisotopic (exact) mass is 284 g/mol. The van der Waals surface area contributed by atoms with E-state index in [9.17, 15) is 18.4 Å². The van der Waals surface area contributed by atoms with E-state index in [0.29, 0.717) is 6.07 Å². The Balaban J connectivity index is 2.49. The van der Waals surface area contributed by atoms with E-state index < -0.39 is 23.4 Å². The summed E-state index contributed by atoms with van der Waals surface area (Å²) in [5, 5.41) is 0. The van der Waals surface area contributed by atoms with Gasteiger partial charge in [-0.2, -0.15) is 0 Å². The molecule has 0 saturated carbocycles. The van der Waals surface area contributed by atoms with E-state index in [2.05, 4.69) is 0 Å². The molecular formula is C15H18F2O3. The first-order valence-corrected chi connectivity index (χ1v) is 6.33. The van der Waals surface area contributed by atoms with Gasteiger partial charge >= 0.3 is 5.97 Å². The van der Waals surface area contributed by atoms with Crippen LogP contribution in [0.4, 0.5) is 8.78 Å². The van der Waals surface area contributed by atoms with Gasteiger partial charge in [-0.15, -0.1) is 0 Å². The van der Waals surface area contributed by atoms with Crippen LogP contribution < -0.4 is 0 Å². The molecule has 110 valence electrons. The fraction of sp³-hybridized carbons (Fsp3) is 0.467. The number of hydrogen-bond acceptors (Lipinski definition) is 3. The third kappa shape index (κ3) is 5.47. The molecule has 20 heavy (non-hydrogen) atoms. The summed E-state index contributed by atoms with van der Waals surface area (Å²) in [5.41, 5.74) is -0.363. The Morgan fingerprint density at radius 1 is 1.15 bits per heavy atom. The minimum atomic E-state index is -0.918. The Hall–Kier alpha value is -1.78. The SMILES string of the molecule is CC(C)(C)COC(=O)CCC(=O)c1ccc(F)cc1F. The second-order valence-electron chi connectivity index (χ2n) is 5.77. The fourth-order valence-corrected chi connectivity index (χ4v) is 1.44. The number of carbonyl (C=O) groups is 2. The average molecular weight is 284 g/mol. The molecule has 0 aliphatic heterocycles. The van der Waals surface area contributed by atoms with Crippen LogP contribution in [0.3, 0.4) is 0 Å². The third-order valence-corrected chi connectivity index (χ3v) is 2.45. The summed E-state index contributed by atoms with van der Waals surface area (Å²) in [6, 6.07) is 2.73. The quantitative estimate of drug-likeness (QED) is 0.614. The van der Waals surface area contributed by atoms with Crippen LogP contribution in [0.15, 0.2) is 18.2 Å². The minimum Gasteiger partial charge on any atom is -0.465 e. The van der Waals surface area contributed by atoms with Crippen LogP contribution in [-0.2, 0) is 9.53 Å². The van der Waals surface area contributed by atoms with Crippen molar-refractivity contribution >= 4 is 11.8 Å². The van der Waals surface area contributed by atoms with Crippen molar-refractivity contribution in [1.82, 2.24) is 0 Å². The van der Waals surface area contributed by atoms with Crippen molar-refractivity contribution in [2.45, 2.75) is 33.6 Å². The van der Waals surface area contributed by atoms with E-state index in [1.165, 1.54) is 0 Å². The van der Waals surface area contributed by atoms with Crippen molar-refractivity contribution in [1.29, 1.82) is 0 Å². The third-order valence-electron chi connectivity index (χ3n) is 2.45. The molecular weight excluding hydrogens is 266 g/mol. The van der Waals surface area contributed by atoms with Crippen molar-refractivity contribution in [3.63, 3.8) is 0 Å². The van der Waals surface area contributed by atoms with Crippen LogP contribution in [0.25, 0.3) is 0 Å². The Kier molecular flexibility index (Phi) is 5.36. The number of esters is 1. The lowest BCUT2D eigenvalue weighted by Gasteiger charge is -2.17. The number of Topliss-reactive ketones (excluding diaryl/α,β-unsaturated/α-hetero) is 1. The first-order valence-electron chi connectivity index (χ1n) is 6.33. The van der Waals surface area contributed by atoms with Gasteiger partial charge in [-0.25, -0.2) is 8.78 Å². The lowest BCUT2D eigenvalue weighted by Crippen LogP contribution is -2.18. The summed E-state index contributed by atoms with van der Waals surface area (Å²) in [4.78, 5) is 23.1. The second-order valence-corrected chi connectivity index (χ2v) is 5.77. The summed E-state index contributed by atoms with van der Waals surface area (Å²) in [6.45, 7) is 6.00. The highest BCUT2D eigenvalue weighted by atomic mass is 19.1. The molecule has 0 bridgehead atoms. The molecule has 5 heteroatoms. The van der Waals surface area contributed by atoms with Gasteiger partial charge in [0, 0.05) is 12.5 Å². The number of benzene rings is 1. The van der Waals surface area contributed by atoms with Crippen molar-refractivity contribution in [3.05, 3.63) is 35.4 Å². The molecule has 3 nitrogen and oxygen atoms in total. The van der Waals surface area contributed by atoms with Gasteiger partial charge in [-0.1, -0.05) is 20.8 Å². The minimum absolute atomic E-state index is 0.119. The zero-order chi connectivity index (χ0) is 15.3. The normalized spacial score (nSPS) is 11.2. The number of ketones is 1. The molecule has 0 N–H and O–H groups in total. The fourth-order valence-electron chi connectivity index (χ4n) is 1.44. The van der Waals surface area contributed by atoms with E-state index in [4.69, 9.17) is 4.74 Å². The molecule has 0 aliphatic carbocycles. The summed E-state index contributed by atoms with van der Waals surface area (Å²) in [7, 11) is 0. The predicted molar refractivity (Wildman–Crippen MR) is 70.3 cm³/mol. The van der Waals surface area contributed by atoms with Crippen molar-refractivity contribution in [3.8, 4) is 0 Å². The maximum atomic E-state index is 13.4. The molecule has 1 aromatic carbocycles. The average Bonchev–Trinajstić information content (AvgIpc) is 2.32. The Labute approximate surface area is 116 Å². The Morgan fingerprint density at radius 3 is 2.35 bits per heavy atom. The van der Waals surface area contributed by atoms with Crippen LogP contribution in [-0.4, -0.2) is 18.4 Å². The van der Waals surface area contributed by atoms with Gasteiger partial charge in [0.05, 0.1) is 18.6 Å². The zero-order valence-electron chi connectivity index (χ0n) is 11.8. The maximum absolute atomic E-state index is 13.4. The van der Waals surface area contributed by atoms with Crippen LogP contribution >= 0.6 is 0 Å². The van der Waals surface area contributed by atoms with Crippen LogP contribution in [0.2, 0.25) is 0 Å². The highest BCUT2D eigenvalue weighted by Gasteiger charge is 2.17. The number of carbonyl (C=O) groups excluding carboxylic acids is 2. The molecule has 0 amide bonds. The number of rotatable bonds is 5. The number of halogens is 2. The number of ether oxygens (including phenoxy) is 1. The van der Waals surface area contributed by atoms with Gasteiger partial charge in [0.1, 0.15) is 11.6 Å². The van der Waals surface area contributed by atoms with Gasteiger partial charge < -0.3 is 4.74 Å². The lowest BCUT2D eigenvalue weighted by atomic mass is 9.99. The maximum Gasteiger partial charge on any atom is 0.306 e. The summed E-state index contributed by atoms with van der Waals surface area (Å²) in [6.07, 6.45) is -0.280. The van der Waals surface area contributed by atoms with E-state index in [0.717, 1.165) is 12.1 Å². The van der Waals surface area contributed by atoms with Crippen LogP contribution in [0, 0.1) is 17.0 Å². The Bertz CT molecular complexity index is 504. The molecule has 0 spiro atoms. The summed E-state index contributed by atoms with van der Waals surface area (Å²) < 4.78 is 31.1. The van der Waals surface area contributed by atoms with Crippen LogP contribution in [0.5, 0.6) is 0 Å². The molecule has 0 unspecified atom stereocenters. The van der Waals surface area contributed by atoms with Gasteiger partial charge in [0.15, 0.2) is 5.78 Å². The molecule has 0 radical (unpaired) electrons. The van der Waals surface area contributed by atoms with E-state index >= 15 is 0 Å². The summed E-state index contributed by atoms with van der Waals surface area (Å²) >= 11 is 0.